The molecule has 0 radical (unpaired) electrons. The van der Waals surface area contributed by atoms with Crippen LogP contribution in [0.15, 0.2) is 0 Å². The molecule has 1 N–H and O–H groups in total. The zero-order valence-electron chi connectivity index (χ0n) is 90.5. The van der Waals surface area contributed by atoms with Gasteiger partial charge in [0.15, 0.2) is 0 Å². The van der Waals surface area contributed by atoms with Crippen LogP contribution >= 0.6 is 0 Å². The molecule has 0 heterocycles. The van der Waals surface area contributed by atoms with Gasteiger partial charge in [-0.15, -0.1) is 0 Å². The predicted octanol–water partition coefficient (Wildman–Crippen LogP) is 28.9. The summed E-state index contributed by atoms with van der Waals surface area (Å²) in [5.41, 5.74) is -3.23. The first-order valence-electron chi connectivity index (χ1n) is 57.6. The van der Waals surface area contributed by atoms with E-state index < -0.39 is 118 Å². The van der Waals surface area contributed by atoms with Gasteiger partial charge in [0.2, 0.25) is 0 Å². The van der Waals surface area contributed by atoms with E-state index >= 15 is 0 Å². The molecule has 140 heavy (non-hydrogen) atoms. The lowest BCUT2D eigenvalue weighted by Gasteiger charge is -2.31. The second-order valence-electron chi connectivity index (χ2n) is 40.5. The van der Waals surface area contributed by atoms with Gasteiger partial charge in [-0.3, -0.25) is 57.5 Å². The van der Waals surface area contributed by atoms with Crippen LogP contribution in [0.3, 0.4) is 0 Å². The van der Waals surface area contributed by atoms with Crippen LogP contribution < -0.4 is 0 Å². The second kappa shape index (κ2) is 98.6. The van der Waals surface area contributed by atoms with E-state index in [9.17, 15) is 62.6 Å². The van der Waals surface area contributed by atoms with Gasteiger partial charge < -0.3 is 61.9 Å². The van der Waals surface area contributed by atoms with Crippen LogP contribution in [0, 0.1) is 10.8 Å². The predicted molar refractivity (Wildman–Crippen MR) is 555 cm³/mol. The molecule has 5 unspecified atom stereocenters. The lowest BCUT2D eigenvalue weighted by Crippen LogP contribution is -2.44. The molecule has 25 nitrogen and oxygen atoms in total. The van der Waals surface area contributed by atoms with Crippen molar-refractivity contribution in [3.63, 3.8) is 0 Å². The fourth-order valence-electron chi connectivity index (χ4n) is 17.7. The summed E-state index contributed by atoms with van der Waals surface area (Å²) in [5, 5.41) is 11.1. The third-order valence-corrected chi connectivity index (χ3v) is 27.1. The molecule has 0 amide bonds. The fourth-order valence-corrected chi connectivity index (χ4v) is 17.7. The standard InChI is InChI=1S/C115H208O25/c1-9-17-22-27-32-42-57-72-99(136-97-117)74-59-47-37-52-67-82-107(122)129-90-114(89-116,91-130-108(123)83-68-53-38-48-60-75-100(137-98-118)73-58-43-33-28-23-18-10-2)92-131-112(127)87-88-113(128)135-96-115(93-132-109(124)84-69-54-39-49-64-79-101(138-104(119)14-6)76-61-44-34-29-24-19-11-3,94-133-110(125)85-70-55-40-50-65-80-102(139-105(120)15-7)77-62-45-35-30-25-20-12-4)95-134-111(126)86-71-56-41-51-66-81-103(140-106(121)16-8)78-63-46-36-31-26-21-13-5/h97-103,116H,9-96H2,1-8H3. The lowest BCUT2D eigenvalue weighted by molar-refractivity contribution is -0.173. The number of carbonyl (C=O) groups excluding carboxylic acids is 12. The van der Waals surface area contributed by atoms with Crippen molar-refractivity contribution < 1.29 is 119 Å². The van der Waals surface area contributed by atoms with Crippen LogP contribution in [-0.2, 0) is 114 Å². The van der Waals surface area contributed by atoms with Crippen molar-refractivity contribution in [3.05, 3.63) is 0 Å². The van der Waals surface area contributed by atoms with Gasteiger partial charge in [0, 0.05) is 51.4 Å². The number of esters is 10. The number of carbonyl (C=O) groups is 12. The van der Waals surface area contributed by atoms with Gasteiger partial charge in [-0.1, -0.05) is 344 Å². The molecule has 0 saturated heterocycles. The van der Waals surface area contributed by atoms with Crippen LogP contribution in [0.5, 0.6) is 0 Å². The Bertz CT molecular complexity index is 2750. The zero-order chi connectivity index (χ0) is 103. The van der Waals surface area contributed by atoms with Gasteiger partial charge in [0.05, 0.1) is 24.9 Å². The summed E-state index contributed by atoms with van der Waals surface area (Å²) in [5.74, 6) is -5.22. The van der Waals surface area contributed by atoms with Crippen molar-refractivity contribution in [2.45, 2.75) is 600 Å². The highest BCUT2D eigenvalue weighted by molar-refractivity contribution is 5.78. The zero-order valence-corrected chi connectivity index (χ0v) is 90.5. The highest BCUT2D eigenvalue weighted by atomic mass is 16.6. The van der Waals surface area contributed by atoms with Gasteiger partial charge in [0.1, 0.15) is 82.2 Å². The Balaban J connectivity index is 6.97. The van der Waals surface area contributed by atoms with Crippen LogP contribution in [0.1, 0.15) is 569 Å². The first-order chi connectivity index (χ1) is 68.2. The number of aliphatic hydroxyl groups excluding tert-OH is 1. The SMILES string of the molecule is CCCCCCCCCC(CCCCCCCC(=O)OCC(CO)(COC(=O)CCCCCCCC(CCCCCCCCC)OC=O)COC(=O)CCC(=O)OCC(COC(=O)CCCCCCCC(CCCCCCCCC)OC(=O)CC)(COC(=O)CCCCCCCC(CCCCCCCCC)OC(=O)CC)COC(=O)CCCCCCCC(CCCCCCCCC)OC(=O)CC)OC=O. The molecule has 0 aromatic heterocycles. The molecule has 5 atom stereocenters. The molecule has 25 heteroatoms. The summed E-state index contributed by atoms with van der Waals surface area (Å²) >= 11 is 0. The van der Waals surface area contributed by atoms with E-state index in [1.165, 1.54) is 161 Å². The normalized spacial score (nSPS) is 13.3. The number of hydrogen-bond donors (Lipinski definition) is 1. The summed E-state index contributed by atoms with van der Waals surface area (Å²) in [6, 6.07) is 0. The molecule has 0 fully saturated rings. The maximum Gasteiger partial charge on any atom is 0.306 e. The molecular weight excluding hydrogens is 1780 g/mol. The van der Waals surface area contributed by atoms with Crippen molar-refractivity contribution in [3.8, 4) is 0 Å². The van der Waals surface area contributed by atoms with E-state index in [1.54, 1.807) is 20.8 Å². The highest BCUT2D eigenvalue weighted by Crippen LogP contribution is 2.29. The van der Waals surface area contributed by atoms with E-state index in [0.29, 0.717) is 83.6 Å². The number of hydrogen-bond acceptors (Lipinski definition) is 25. The van der Waals surface area contributed by atoms with Gasteiger partial charge in [-0.05, 0) is 161 Å². The van der Waals surface area contributed by atoms with Crippen LogP contribution in [0.4, 0.5) is 0 Å². The summed E-state index contributed by atoms with van der Waals surface area (Å²) in [6.45, 7) is 13.2. The van der Waals surface area contributed by atoms with E-state index in [0.717, 1.165) is 238 Å². The summed E-state index contributed by atoms with van der Waals surface area (Å²) in [4.78, 5) is 157. The largest absolute Gasteiger partial charge is 0.465 e. The van der Waals surface area contributed by atoms with Crippen LogP contribution in [-0.4, -0.2) is 161 Å². The minimum atomic E-state index is -1.63. The Morgan fingerprint density at radius 1 is 0.193 bits per heavy atom. The number of rotatable bonds is 108. The van der Waals surface area contributed by atoms with Gasteiger partial charge in [0.25, 0.3) is 12.9 Å². The quantitative estimate of drug-likeness (QED) is 0.0256. The Hall–Kier alpha value is -6.40. The maximum atomic E-state index is 14.1. The van der Waals surface area contributed by atoms with Gasteiger partial charge in [-0.25, -0.2) is 0 Å². The molecule has 0 aliphatic rings. The molecule has 0 bridgehead atoms. The third kappa shape index (κ3) is 84.9. The van der Waals surface area contributed by atoms with E-state index in [1.807, 2.05) is 0 Å². The molecule has 0 aromatic rings. The Morgan fingerprint density at radius 2 is 0.343 bits per heavy atom. The Morgan fingerprint density at radius 3 is 0.507 bits per heavy atom. The van der Waals surface area contributed by atoms with Crippen molar-refractivity contribution in [2.75, 3.05) is 52.9 Å². The maximum absolute atomic E-state index is 14.1. The Labute approximate surface area is 850 Å². The van der Waals surface area contributed by atoms with Crippen molar-refractivity contribution in [1.29, 1.82) is 0 Å². The fraction of sp³-hybridized carbons (Fsp3) is 0.896. The van der Waals surface area contributed by atoms with E-state index in [2.05, 4.69) is 34.6 Å². The second-order valence-corrected chi connectivity index (χ2v) is 40.5. The molecule has 0 aliphatic heterocycles. The monoisotopic (exact) mass is 1990 g/mol. The molecule has 0 spiro atoms. The van der Waals surface area contributed by atoms with E-state index in [-0.39, 0.29) is 80.5 Å². The van der Waals surface area contributed by atoms with Crippen molar-refractivity contribution in [1.82, 2.24) is 0 Å². The van der Waals surface area contributed by atoms with Crippen molar-refractivity contribution in [2.24, 2.45) is 10.8 Å². The summed E-state index contributed by atoms with van der Waals surface area (Å²) in [6.07, 6.45) is 67.5. The molecular formula is C115H208O25. The van der Waals surface area contributed by atoms with Gasteiger partial charge in [-0.2, -0.15) is 0 Å². The Kier molecular flexibility index (Phi) is 94.1. The minimum Gasteiger partial charge on any atom is -0.465 e. The summed E-state index contributed by atoms with van der Waals surface area (Å²) in [7, 11) is 0. The van der Waals surface area contributed by atoms with Crippen LogP contribution in [0.25, 0.3) is 0 Å². The van der Waals surface area contributed by atoms with Gasteiger partial charge >= 0.3 is 59.7 Å². The molecule has 0 rings (SSSR count). The van der Waals surface area contributed by atoms with E-state index in [4.69, 9.17) is 56.8 Å². The van der Waals surface area contributed by atoms with Crippen LogP contribution in [0.2, 0.25) is 0 Å². The lowest BCUT2D eigenvalue weighted by atomic mass is 9.92. The smallest absolute Gasteiger partial charge is 0.306 e. The average Bonchev–Trinajstić information content (AvgIpc) is 0.845. The molecule has 0 aliphatic carbocycles. The first-order valence-corrected chi connectivity index (χ1v) is 57.6. The van der Waals surface area contributed by atoms with Crippen molar-refractivity contribution >= 4 is 72.6 Å². The minimum absolute atomic E-state index is 0.0363. The third-order valence-electron chi connectivity index (χ3n) is 27.1. The molecule has 0 saturated carbocycles. The highest BCUT2D eigenvalue weighted by Gasteiger charge is 2.39. The number of ether oxygens (including phenoxy) is 12. The average molecular weight is 1990 g/mol. The summed E-state index contributed by atoms with van der Waals surface area (Å²) < 4.78 is 69.7. The number of aliphatic hydroxyl groups is 1. The topological polar surface area (TPSA) is 336 Å². The first kappa shape index (κ1) is 134. The number of unbranched alkanes of at least 4 members (excludes halogenated alkanes) is 50. The molecule has 818 valence electrons. The molecule has 0 aromatic carbocycles.